The van der Waals surface area contributed by atoms with E-state index >= 15 is 0 Å². The fraction of sp³-hybridized carbons (Fsp3) is 0.526. The van der Waals surface area contributed by atoms with Crippen molar-refractivity contribution in [1.82, 2.24) is 0 Å². The molecule has 0 amide bonds. The lowest BCUT2D eigenvalue weighted by atomic mass is 9.91. The molecule has 12 heteroatoms. The van der Waals surface area contributed by atoms with Crippen molar-refractivity contribution < 1.29 is 57.0 Å². The zero-order valence-corrected chi connectivity index (χ0v) is 41.8. The van der Waals surface area contributed by atoms with Crippen molar-refractivity contribution in [3.8, 4) is 34.5 Å². The summed E-state index contributed by atoms with van der Waals surface area (Å²) >= 11 is 0. The molecule has 0 N–H and O–H groups in total. The van der Waals surface area contributed by atoms with Gasteiger partial charge >= 0.3 is 17.9 Å². The van der Waals surface area contributed by atoms with Gasteiger partial charge in [-0.25, -0.2) is 14.4 Å². The monoisotopic (exact) mass is 955 g/mol. The SMILES string of the molecule is C=CC(=O)OCCCCOc1ccc2c3ccccc3c3c(OCCCCCC)c(OCCCCCC)c(OCCCCCC)c(OCCCCOC(=O)C=C)c3c2c1OCCCCOC(=O)C=C. The fourth-order valence-electron chi connectivity index (χ4n) is 7.87. The van der Waals surface area contributed by atoms with E-state index in [0.29, 0.717) is 99.4 Å². The molecular weight excluding hydrogens is 877 g/mol. The number of rotatable bonds is 39. The summed E-state index contributed by atoms with van der Waals surface area (Å²) in [5.74, 6) is 1.73. The van der Waals surface area contributed by atoms with E-state index in [1.54, 1.807) is 0 Å². The van der Waals surface area contributed by atoms with E-state index in [0.717, 1.165) is 128 Å². The topological polar surface area (TPSA) is 134 Å². The first-order valence-electron chi connectivity index (χ1n) is 25.5. The van der Waals surface area contributed by atoms with Gasteiger partial charge in [-0.2, -0.15) is 0 Å². The zero-order chi connectivity index (χ0) is 49.5. The second-order valence-electron chi connectivity index (χ2n) is 16.9. The number of hydrogen-bond donors (Lipinski definition) is 0. The minimum atomic E-state index is -0.473. The second kappa shape index (κ2) is 32.8. The lowest BCUT2D eigenvalue weighted by Crippen LogP contribution is -2.11. The number of carbonyl (C=O) groups is 3. The van der Waals surface area contributed by atoms with Crippen LogP contribution in [0.25, 0.3) is 32.3 Å². The summed E-state index contributed by atoms with van der Waals surface area (Å²) in [6.45, 7) is 20.0. The Morgan fingerprint density at radius 3 is 1.13 bits per heavy atom. The van der Waals surface area contributed by atoms with Crippen LogP contribution in [0.3, 0.4) is 0 Å². The van der Waals surface area contributed by atoms with Crippen LogP contribution < -0.4 is 28.4 Å². The predicted octanol–water partition coefficient (Wildman–Crippen LogP) is 13.7. The Kier molecular flexibility index (Phi) is 26.4. The minimum absolute atomic E-state index is 0.223. The van der Waals surface area contributed by atoms with Crippen molar-refractivity contribution in [3.05, 3.63) is 74.4 Å². The van der Waals surface area contributed by atoms with Crippen LogP contribution in [0.2, 0.25) is 0 Å². The van der Waals surface area contributed by atoms with Crippen LogP contribution in [0.15, 0.2) is 74.4 Å². The van der Waals surface area contributed by atoms with Gasteiger partial charge in [-0.1, -0.05) is 123 Å². The zero-order valence-electron chi connectivity index (χ0n) is 41.8. The van der Waals surface area contributed by atoms with Crippen molar-refractivity contribution in [2.45, 2.75) is 136 Å². The van der Waals surface area contributed by atoms with Crippen LogP contribution in [0.5, 0.6) is 34.5 Å². The molecule has 12 nitrogen and oxygen atoms in total. The van der Waals surface area contributed by atoms with Gasteiger partial charge in [0, 0.05) is 34.4 Å². The fourth-order valence-corrected chi connectivity index (χ4v) is 7.87. The van der Waals surface area contributed by atoms with Gasteiger partial charge in [-0.05, 0) is 86.1 Å². The van der Waals surface area contributed by atoms with E-state index in [9.17, 15) is 14.4 Å². The standard InChI is InChI=1S/C57H78O12/c1-7-13-16-21-38-66-54-51-44-31-20-19-30-43(44)45-32-33-46(61-34-24-25-35-62-47(58)10-4)53(65-41-28-26-36-63-48(59)11-5)50(45)52(51)55(67-42-29-27-37-64-49(60)12-6)57(69-40-23-18-15-9-3)56(54)68-39-22-17-14-8-2/h10-12,19-20,30-33H,4-9,13-18,21-29,34-42H2,1-3H3. The number of ether oxygens (including phenoxy) is 9. The lowest BCUT2D eigenvalue weighted by Gasteiger charge is -2.26. The highest BCUT2D eigenvalue weighted by Gasteiger charge is 2.31. The Bertz CT molecular complexity index is 2230. The third-order valence-corrected chi connectivity index (χ3v) is 11.5. The summed E-state index contributed by atoms with van der Waals surface area (Å²) < 4.78 is 57.2. The molecule has 4 rings (SSSR count). The average Bonchev–Trinajstić information content (AvgIpc) is 3.37. The Balaban J connectivity index is 2.06. The van der Waals surface area contributed by atoms with Gasteiger partial charge in [0.05, 0.1) is 59.5 Å². The van der Waals surface area contributed by atoms with E-state index in [4.69, 9.17) is 42.6 Å². The van der Waals surface area contributed by atoms with Gasteiger partial charge in [0.1, 0.15) is 0 Å². The molecule has 0 bridgehead atoms. The molecule has 0 atom stereocenters. The Morgan fingerprint density at radius 2 is 0.696 bits per heavy atom. The first-order chi connectivity index (χ1) is 33.8. The summed E-state index contributed by atoms with van der Waals surface area (Å²) in [6.07, 6.45) is 19.1. The summed E-state index contributed by atoms with van der Waals surface area (Å²) in [5.41, 5.74) is 0. The number of carbonyl (C=O) groups excluding carboxylic acids is 3. The molecule has 0 unspecified atom stereocenters. The number of unbranched alkanes of at least 4 members (excludes halogenated alkanes) is 12. The normalized spacial score (nSPS) is 11.0. The van der Waals surface area contributed by atoms with Crippen molar-refractivity contribution >= 4 is 50.2 Å². The first kappa shape index (κ1) is 55.7. The number of benzene rings is 4. The van der Waals surface area contributed by atoms with Gasteiger partial charge < -0.3 is 42.6 Å². The van der Waals surface area contributed by atoms with Crippen LogP contribution in [-0.4, -0.2) is 77.4 Å². The van der Waals surface area contributed by atoms with E-state index in [1.807, 2.05) is 18.2 Å². The number of esters is 3. The van der Waals surface area contributed by atoms with Crippen LogP contribution in [0, 0.1) is 0 Å². The molecular formula is C57H78O12. The molecule has 0 aromatic heterocycles. The molecule has 0 aliphatic heterocycles. The van der Waals surface area contributed by atoms with Crippen LogP contribution in [0.1, 0.15) is 136 Å². The molecule has 4 aromatic carbocycles. The van der Waals surface area contributed by atoms with Gasteiger partial charge in [-0.15, -0.1) is 0 Å². The summed E-state index contributed by atoms with van der Waals surface area (Å²) in [7, 11) is 0. The Hall–Kier alpha value is -5.91. The van der Waals surface area contributed by atoms with Crippen molar-refractivity contribution in [2.75, 3.05) is 59.5 Å². The molecule has 0 heterocycles. The highest BCUT2D eigenvalue weighted by molar-refractivity contribution is 6.31. The maximum absolute atomic E-state index is 11.9. The largest absolute Gasteiger partial charge is 0.490 e. The highest BCUT2D eigenvalue weighted by Crippen LogP contribution is 2.58. The molecule has 0 spiro atoms. The average molecular weight is 955 g/mol. The molecule has 0 fully saturated rings. The molecule has 0 saturated carbocycles. The van der Waals surface area contributed by atoms with Crippen LogP contribution in [-0.2, 0) is 28.6 Å². The van der Waals surface area contributed by atoms with E-state index in [1.165, 1.54) is 0 Å². The van der Waals surface area contributed by atoms with Crippen LogP contribution in [0.4, 0.5) is 0 Å². The highest BCUT2D eigenvalue weighted by atomic mass is 16.6. The Morgan fingerprint density at radius 1 is 0.362 bits per heavy atom. The maximum Gasteiger partial charge on any atom is 0.330 e. The van der Waals surface area contributed by atoms with E-state index in [2.05, 4.69) is 58.7 Å². The van der Waals surface area contributed by atoms with Crippen molar-refractivity contribution in [1.29, 1.82) is 0 Å². The van der Waals surface area contributed by atoms with Gasteiger partial charge in [0.15, 0.2) is 23.0 Å². The molecule has 0 aliphatic rings. The van der Waals surface area contributed by atoms with Gasteiger partial charge in [-0.3, -0.25) is 0 Å². The predicted molar refractivity (Wildman–Crippen MR) is 276 cm³/mol. The number of fused-ring (bicyclic) bond motifs is 6. The first-order valence-corrected chi connectivity index (χ1v) is 25.5. The van der Waals surface area contributed by atoms with Crippen molar-refractivity contribution in [2.24, 2.45) is 0 Å². The number of hydrogen-bond acceptors (Lipinski definition) is 12. The second-order valence-corrected chi connectivity index (χ2v) is 16.9. The lowest BCUT2D eigenvalue weighted by molar-refractivity contribution is -0.138. The summed E-state index contributed by atoms with van der Waals surface area (Å²) in [6, 6.07) is 12.3. The third kappa shape index (κ3) is 17.8. The maximum atomic E-state index is 11.9. The quantitative estimate of drug-likeness (QED) is 0.0138. The summed E-state index contributed by atoms with van der Waals surface area (Å²) in [5, 5.41) is 5.15. The molecule has 4 aromatic rings. The van der Waals surface area contributed by atoms with Crippen LogP contribution >= 0.6 is 0 Å². The smallest absolute Gasteiger partial charge is 0.330 e. The van der Waals surface area contributed by atoms with Gasteiger partial charge in [0.2, 0.25) is 11.5 Å². The molecule has 69 heavy (non-hydrogen) atoms. The van der Waals surface area contributed by atoms with E-state index < -0.39 is 17.9 Å². The van der Waals surface area contributed by atoms with Gasteiger partial charge in [0.25, 0.3) is 0 Å². The molecule has 0 saturated heterocycles. The molecule has 0 radical (unpaired) electrons. The summed E-state index contributed by atoms with van der Waals surface area (Å²) in [4.78, 5) is 35.4. The minimum Gasteiger partial charge on any atom is -0.490 e. The van der Waals surface area contributed by atoms with Crippen molar-refractivity contribution in [3.63, 3.8) is 0 Å². The third-order valence-electron chi connectivity index (χ3n) is 11.5. The van der Waals surface area contributed by atoms with E-state index in [-0.39, 0.29) is 33.0 Å². The molecule has 0 aliphatic carbocycles. The Labute approximate surface area is 410 Å². The molecule has 378 valence electrons.